The van der Waals surface area contributed by atoms with Gasteiger partial charge in [-0.05, 0) is 31.2 Å². The van der Waals surface area contributed by atoms with Crippen LogP contribution < -0.4 is 5.32 Å². The normalized spacial score (nSPS) is 13.3. The number of nitrogens with one attached hydrogen (secondary N) is 2. The third-order valence-corrected chi connectivity index (χ3v) is 4.26. The number of aromatic nitrogens is 3. The number of aryl methyl sites for hydroxylation is 1. The smallest absolute Gasteiger partial charge is 0.261 e. The highest BCUT2D eigenvalue weighted by Crippen LogP contribution is 2.23. The molecule has 0 atom stereocenters. The van der Waals surface area contributed by atoms with E-state index in [1.165, 1.54) is 0 Å². The van der Waals surface area contributed by atoms with Crippen molar-refractivity contribution in [2.75, 3.05) is 11.9 Å². The Bertz CT molecular complexity index is 1020. The van der Waals surface area contributed by atoms with Gasteiger partial charge in [0, 0.05) is 18.7 Å². The van der Waals surface area contributed by atoms with Gasteiger partial charge in [-0.1, -0.05) is 12.1 Å². The van der Waals surface area contributed by atoms with Gasteiger partial charge in [0.15, 0.2) is 11.5 Å². The van der Waals surface area contributed by atoms with Crippen molar-refractivity contribution in [1.29, 1.82) is 0 Å². The molecule has 3 heterocycles. The zero-order valence-electron chi connectivity index (χ0n) is 13.9. The number of nitrogens with zero attached hydrogens (tertiary/aromatic N) is 3. The number of imide groups is 1. The van der Waals surface area contributed by atoms with Crippen molar-refractivity contribution >= 4 is 34.6 Å². The lowest BCUT2D eigenvalue weighted by Crippen LogP contribution is -2.32. The summed E-state index contributed by atoms with van der Waals surface area (Å²) in [4.78, 5) is 42.2. The van der Waals surface area contributed by atoms with E-state index >= 15 is 0 Å². The van der Waals surface area contributed by atoms with Crippen molar-refractivity contribution in [3.8, 4) is 0 Å². The van der Waals surface area contributed by atoms with Gasteiger partial charge in [-0.25, -0.2) is 4.98 Å². The molecule has 1 aliphatic rings. The Balaban J connectivity index is 1.43. The van der Waals surface area contributed by atoms with E-state index in [-0.39, 0.29) is 30.7 Å². The molecule has 0 bridgehead atoms. The van der Waals surface area contributed by atoms with Gasteiger partial charge < -0.3 is 5.32 Å². The predicted molar refractivity (Wildman–Crippen MR) is 93.7 cm³/mol. The number of rotatable bonds is 4. The Morgan fingerprint density at radius 2 is 1.81 bits per heavy atom. The molecular weight excluding hydrogens is 334 g/mol. The van der Waals surface area contributed by atoms with Gasteiger partial charge in [0.05, 0.1) is 16.5 Å². The Morgan fingerprint density at radius 3 is 2.50 bits per heavy atom. The third-order valence-electron chi connectivity index (χ3n) is 4.26. The summed E-state index contributed by atoms with van der Waals surface area (Å²) in [5.74, 6) is -0.706. The van der Waals surface area contributed by atoms with Gasteiger partial charge in [0.2, 0.25) is 5.91 Å². The largest absolute Gasteiger partial charge is 0.309 e. The molecular formula is C18H15N5O3. The van der Waals surface area contributed by atoms with E-state index in [0.29, 0.717) is 28.0 Å². The summed E-state index contributed by atoms with van der Waals surface area (Å²) in [7, 11) is 0. The Morgan fingerprint density at radius 1 is 1.12 bits per heavy atom. The molecule has 8 heteroatoms. The molecule has 2 aromatic heterocycles. The number of aromatic amines is 1. The lowest BCUT2D eigenvalue weighted by atomic mass is 10.1. The number of anilines is 1. The molecule has 3 amide bonds. The number of carbonyl (C=O) groups is 3. The molecule has 0 fully saturated rings. The van der Waals surface area contributed by atoms with E-state index < -0.39 is 0 Å². The molecule has 1 aliphatic heterocycles. The summed E-state index contributed by atoms with van der Waals surface area (Å²) in [6.07, 6.45) is -0.0148. The van der Waals surface area contributed by atoms with E-state index in [1.807, 2.05) is 19.1 Å². The van der Waals surface area contributed by atoms with Crippen LogP contribution in [-0.4, -0.2) is 44.3 Å². The molecule has 8 nitrogen and oxygen atoms in total. The molecule has 0 saturated carbocycles. The van der Waals surface area contributed by atoms with Crippen LogP contribution in [0.3, 0.4) is 0 Å². The topological polar surface area (TPSA) is 108 Å². The van der Waals surface area contributed by atoms with Crippen LogP contribution in [0.2, 0.25) is 0 Å². The molecule has 4 rings (SSSR count). The van der Waals surface area contributed by atoms with Crippen molar-refractivity contribution in [2.45, 2.75) is 13.3 Å². The molecule has 1 aromatic carbocycles. The first-order valence-corrected chi connectivity index (χ1v) is 8.11. The lowest BCUT2D eigenvalue weighted by Gasteiger charge is -2.13. The maximum atomic E-state index is 12.3. The van der Waals surface area contributed by atoms with Crippen LogP contribution in [0, 0.1) is 6.92 Å². The number of fused-ring (bicyclic) bond motifs is 2. The van der Waals surface area contributed by atoms with Crippen molar-refractivity contribution < 1.29 is 14.4 Å². The zero-order chi connectivity index (χ0) is 18.3. The Kier molecular flexibility index (Phi) is 3.72. The van der Waals surface area contributed by atoms with Crippen molar-refractivity contribution in [3.63, 3.8) is 0 Å². The second-order valence-electron chi connectivity index (χ2n) is 6.03. The van der Waals surface area contributed by atoms with Crippen LogP contribution >= 0.6 is 0 Å². The summed E-state index contributed by atoms with van der Waals surface area (Å²) in [6, 6.07) is 10.3. The Labute approximate surface area is 148 Å². The first-order chi connectivity index (χ1) is 12.5. The van der Waals surface area contributed by atoms with Crippen LogP contribution in [0.1, 0.15) is 32.8 Å². The van der Waals surface area contributed by atoms with Gasteiger partial charge in [-0.15, -0.1) is 0 Å². The molecule has 130 valence electrons. The number of amides is 3. The van der Waals surface area contributed by atoms with Crippen LogP contribution in [0.15, 0.2) is 36.4 Å². The van der Waals surface area contributed by atoms with Crippen LogP contribution in [0.4, 0.5) is 5.82 Å². The minimum Gasteiger partial charge on any atom is -0.309 e. The number of hydrogen-bond acceptors (Lipinski definition) is 5. The quantitative estimate of drug-likeness (QED) is 0.699. The summed E-state index contributed by atoms with van der Waals surface area (Å²) in [6.45, 7) is 1.87. The van der Waals surface area contributed by atoms with Gasteiger partial charge >= 0.3 is 0 Å². The average Bonchev–Trinajstić information content (AvgIpc) is 3.13. The maximum absolute atomic E-state index is 12.3. The van der Waals surface area contributed by atoms with E-state index in [1.54, 1.807) is 24.3 Å². The fraction of sp³-hybridized carbons (Fsp3) is 0.167. The second kappa shape index (κ2) is 6.07. The van der Waals surface area contributed by atoms with Crippen molar-refractivity contribution in [1.82, 2.24) is 20.1 Å². The predicted octanol–water partition coefficient (Wildman–Crippen LogP) is 1.89. The standard InChI is InChI=1S/C18H15N5O3/c1-10-6-7-13-15(19-10)21-22-16(13)20-14(24)8-9-23-17(25)11-4-2-3-5-12(11)18(23)26/h2-7H,8-9H2,1H3,(H2,19,20,21,22,24). The molecule has 0 spiro atoms. The molecule has 0 unspecified atom stereocenters. The number of carbonyl (C=O) groups excluding carboxylic acids is 3. The number of benzene rings is 1. The number of pyridine rings is 1. The Hall–Kier alpha value is -3.55. The molecule has 26 heavy (non-hydrogen) atoms. The van der Waals surface area contributed by atoms with Crippen LogP contribution in [0.25, 0.3) is 11.0 Å². The summed E-state index contributed by atoms with van der Waals surface area (Å²) in [5, 5.41) is 10.2. The fourth-order valence-corrected chi connectivity index (χ4v) is 2.95. The average molecular weight is 349 g/mol. The minimum atomic E-state index is -0.372. The highest BCUT2D eigenvalue weighted by molar-refractivity contribution is 6.21. The summed E-state index contributed by atoms with van der Waals surface area (Å²) in [5.41, 5.74) is 2.17. The summed E-state index contributed by atoms with van der Waals surface area (Å²) >= 11 is 0. The monoisotopic (exact) mass is 349 g/mol. The zero-order valence-corrected chi connectivity index (χ0v) is 13.9. The second-order valence-corrected chi connectivity index (χ2v) is 6.03. The van der Waals surface area contributed by atoms with Gasteiger partial charge in [0.1, 0.15) is 0 Å². The first kappa shape index (κ1) is 15.9. The number of hydrogen-bond donors (Lipinski definition) is 2. The fourth-order valence-electron chi connectivity index (χ4n) is 2.95. The van der Waals surface area contributed by atoms with Crippen molar-refractivity contribution in [3.05, 3.63) is 53.2 Å². The van der Waals surface area contributed by atoms with E-state index in [2.05, 4.69) is 20.5 Å². The van der Waals surface area contributed by atoms with Crippen LogP contribution in [0.5, 0.6) is 0 Å². The van der Waals surface area contributed by atoms with Gasteiger partial charge in [0.25, 0.3) is 11.8 Å². The molecule has 2 N–H and O–H groups in total. The minimum absolute atomic E-state index is 0.0118. The van der Waals surface area contributed by atoms with E-state index in [9.17, 15) is 14.4 Å². The van der Waals surface area contributed by atoms with Gasteiger partial charge in [-0.2, -0.15) is 5.10 Å². The third kappa shape index (κ3) is 2.61. The molecule has 0 aliphatic carbocycles. The molecule has 0 saturated heterocycles. The molecule has 3 aromatic rings. The summed E-state index contributed by atoms with van der Waals surface area (Å²) < 4.78 is 0. The lowest BCUT2D eigenvalue weighted by molar-refractivity contribution is -0.116. The first-order valence-electron chi connectivity index (χ1n) is 8.11. The van der Waals surface area contributed by atoms with Crippen molar-refractivity contribution in [2.24, 2.45) is 0 Å². The molecule has 0 radical (unpaired) electrons. The maximum Gasteiger partial charge on any atom is 0.261 e. The van der Waals surface area contributed by atoms with E-state index in [0.717, 1.165) is 10.6 Å². The number of H-pyrrole nitrogens is 1. The SMILES string of the molecule is Cc1ccc2c(NC(=O)CCN3C(=O)c4ccccc4C3=O)n[nH]c2n1. The highest BCUT2D eigenvalue weighted by atomic mass is 16.2. The van der Waals surface area contributed by atoms with Crippen LogP contribution in [-0.2, 0) is 4.79 Å². The van der Waals surface area contributed by atoms with Gasteiger partial charge in [-0.3, -0.25) is 24.4 Å². The highest BCUT2D eigenvalue weighted by Gasteiger charge is 2.34. The van der Waals surface area contributed by atoms with E-state index in [4.69, 9.17) is 0 Å².